The molecule has 1 nitrogen and oxygen atoms in total. The molecule has 1 rings (SSSR count). The van der Waals surface area contributed by atoms with E-state index in [-0.39, 0.29) is 0 Å². The summed E-state index contributed by atoms with van der Waals surface area (Å²) in [6.45, 7) is 5.24. The molecule has 1 heteroatoms. The molecule has 0 saturated carbocycles. The van der Waals surface area contributed by atoms with Crippen LogP contribution in [0.25, 0.3) is 0 Å². The van der Waals surface area contributed by atoms with Crippen LogP contribution >= 0.6 is 0 Å². The Kier molecular flexibility index (Phi) is 19.5. The van der Waals surface area contributed by atoms with Gasteiger partial charge in [0.15, 0.2) is 0 Å². The maximum atomic E-state index is 5.47. The highest BCUT2D eigenvalue weighted by molar-refractivity contribution is 5.11. The monoisotopic (exact) mass is 333 g/mol. The van der Waals surface area contributed by atoms with Crippen LogP contribution in [-0.2, 0) is 0 Å². The van der Waals surface area contributed by atoms with Crippen molar-refractivity contribution in [1.29, 1.82) is 0 Å². The number of hydrogen-bond donors (Lipinski definition) is 1. The predicted molar refractivity (Wildman–Crippen MR) is 111 cm³/mol. The average Bonchev–Trinajstić information content (AvgIpc) is 2.60. The van der Waals surface area contributed by atoms with E-state index in [9.17, 15) is 0 Å². The lowest BCUT2D eigenvalue weighted by molar-refractivity contribution is 0.536. The Hall–Kier alpha value is -0.820. The van der Waals surface area contributed by atoms with Gasteiger partial charge in [-0.05, 0) is 19.9 Å². The lowest BCUT2D eigenvalue weighted by atomic mass is 10.0. The van der Waals surface area contributed by atoms with E-state index in [4.69, 9.17) is 5.73 Å². The van der Waals surface area contributed by atoms with E-state index >= 15 is 0 Å². The van der Waals surface area contributed by atoms with Gasteiger partial charge in [-0.25, -0.2) is 0 Å². The molecule has 0 saturated heterocycles. The largest absolute Gasteiger partial charge is 0.330 e. The van der Waals surface area contributed by atoms with Gasteiger partial charge >= 0.3 is 0 Å². The van der Waals surface area contributed by atoms with E-state index in [0.717, 1.165) is 6.54 Å². The van der Waals surface area contributed by atoms with Gasteiger partial charge in [0.2, 0.25) is 0 Å². The number of benzene rings is 1. The molecule has 24 heavy (non-hydrogen) atoms. The van der Waals surface area contributed by atoms with Gasteiger partial charge in [0.05, 0.1) is 0 Å². The summed E-state index contributed by atoms with van der Waals surface area (Å²) in [7, 11) is 0. The van der Waals surface area contributed by atoms with Crippen molar-refractivity contribution in [2.24, 2.45) is 5.73 Å². The predicted octanol–water partition coefficient (Wildman–Crippen LogP) is 7.42. The molecule has 0 aliphatic carbocycles. The Balaban J connectivity index is 0.000000620. The summed E-state index contributed by atoms with van der Waals surface area (Å²) in [6.07, 6.45) is 19.9. The van der Waals surface area contributed by atoms with E-state index in [1.165, 1.54) is 95.5 Å². The van der Waals surface area contributed by atoms with Gasteiger partial charge in [-0.1, -0.05) is 126 Å². The summed E-state index contributed by atoms with van der Waals surface area (Å²) in [5.74, 6) is 0. The van der Waals surface area contributed by atoms with Crippen molar-refractivity contribution in [1.82, 2.24) is 0 Å². The molecule has 0 spiro atoms. The van der Waals surface area contributed by atoms with Crippen LogP contribution in [0.1, 0.15) is 102 Å². The molecule has 0 amide bonds. The first-order valence-corrected chi connectivity index (χ1v) is 10.5. The summed E-state index contributed by atoms with van der Waals surface area (Å²) in [4.78, 5) is 0. The highest BCUT2D eigenvalue weighted by Gasteiger charge is 1.93. The van der Waals surface area contributed by atoms with E-state index in [1.54, 1.807) is 0 Å². The lowest BCUT2D eigenvalue weighted by Crippen LogP contribution is -1.97. The molecular formula is C23H43N. The van der Waals surface area contributed by atoms with Gasteiger partial charge in [0.1, 0.15) is 0 Å². The van der Waals surface area contributed by atoms with Crippen LogP contribution in [0.3, 0.4) is 0 Å². The molecule has 0 aliphatic rings. The molecule has 0 unspecified atom stereocenters. The van der Waals surface area contributed by atoms with Crippen molar-refractivity contribution in [2.45, 2.75) is 104 Å². The minimum atomic E-state index is 0.873. The van der Waals surface area contributed by atoms with E-state index in [0.29, 0.717) is 0 Å². The first kappa shape index (κ1) is 23.2. The molecule has 140 valence electrons. The highest BCUT2D eigenvalue weighted by Crippen LogP contribution is 2.12. The van der Waals surface area contributed by atoms with Crippen molar-refractivity contribution in [3.63, 3.8) is 0 Å². The minimum Gasteiger partial charge on any atom is -0.330 e. The van der Waals surface area contributed by atoms with Gasteiger partial charge in [-0.3, -0.25) is 0 Å². The van der Waals surface area contributed by atoms with Gasteiger partial charge in [-0.15, -0.1) is 0 Å². The molecule has 0 radical (unpaired) electrons. The summed E-state index contributed by atoms with van der Waals surface area (Å²) in [5, 5.41) is 0. The Morgan fingerprint density at radius 3 is 1.25 bits per heavy atom. The van der Waals surface area contributed by atoms with Crippen LogP contribution in [0.2, 0.25) is 0 Å². The highest BCUT2D eigenvalue weighted by atomic mass is 14.5. The normalized spacial score (nSPS) is 10.3. The van der Waals surface area contributed by atoms with Crippen molar-refractivity contribution in [3.8, 4) is 0 Å². The van der Waals surface area contributed by atoms with Gasteiger partial charge in [0, 0.05) is 0 Å². The fourth-order valence-electron chi connectivity index (χ4n) is 2.87. The van der Waals surface area contributed by atoms with Gasteiger partial charge in [0.25, 0.3) is 0 Å². The summed E-state index contributed by atoms with van der Waals surface area (Å²) in [6, 6.07) is 10.3. The number of aryl methyl sites for hydroxylation is 1. The molecule has 0 fully saturated rings. The minimum absolute atomic E-state index is 0.873. The van der Waals surface area contributed by atoms with Crippen molar-refractivity contribution in [2.75, 3.05) is 6.54 Å². The quantitative estimate of drug-likeness (QED) is 0.352. The molecule has 2 N–H and O–H groups in total. The fraction of sp³-hybridized carbons (Fsp3) is 0.739. The second kappa shape index (κ2) is 20.2. The Labute approximate surface area is 152 Å². The zero-order valence-corrected chi connectivity index (χ0v) is 16.6. The summed E-state index contributed by atoms with van der Waals surface area (Å²) in [5.41, 5.74) is 6.79. The van der Waals surface area contributed by atoms with Crippen molar-refractivity contribution < 1.29 is 0 Å². The topological polar surface area (TPSA) is 26.0 Å². The number of rotatable bonds is 14. The Morgan fingerprint density at radius 2 is 0.958 bits per heavy atom. The maximum Gasteiger partial charge on any atom is -0.00773 e. The number of unbranched alkanes of at least 4 members (excludes halogenated alkanes) is 13. The summed E-state index contributed by atoms with van der Waals surface area (Å²) >= 11 is 0. The van der Waals surface area contributed by atoms with Crippen LogP contribution in [0.15, 0.2) is 30.3 Å². The zero-order valence-electron chi connectivity index (χ0n) is 16.6. The van der Waals surface area contributed by atoms with Gasteiger partial charge < -0.3 is 5.73 Å². The smallest absolute Gasteiger partial charge is 0.00773 e. The lowest BCUT2D eigenvalue weighted by Gasteiger charge is -2.02. The first-order chi connectivity index (χ1) is 11.8. The Bertz CT molecular complexity index is 306. The molecule has 0 heterocycles. The van der Waals surface area contributed by atoms with Crippen molar-refractivity contribution in [3.05, 3.63) is 35.9 Å². The second-order valence-corrected chi connectivity index (χ2v) is 7.04. The zero-order chi connectivity index (χ0) is 17.7. The third kappa shape index (κ3) is 19.2. The number of hydrogen-bond acceptors (Lipinski definition) is 1. The van der Waals surface area contributed by atoms with Crippen LogP contribution in [0.4, 0.5) is 0 Å². The van der Waals surface area contributed by atoms with Crippen molar-refractivity contribution >= 4 is 0 Å². The summed E-state index contributed by atoms with van der Waals surface area (Å²) < 4.78 is 0. The molecule has 0 atom stereocenters. The maximum absolute atomic E-state index is 5.47. The molecular weight excluding hydrogens is 290 g/mol. The van der Waals surface area contributed by atoms with Crippen LogP contribution in [0, 0.1) is 6.92 Å². The second-order valence-electron chi connectivity index (χ2n) is 7.04. The third-order valence-corrected chi connectivity index (χ3v) is 4.50. The first-order valence-electron chi connectivity index (χ1n) is 10.5. The molecule has 0 aliphatic heterocycles. The molecule has 0 bridgehead atoms. The van der Waals surface area contributed by atoms with Crippen LogP contribution in [-0.4, -0.2) is 6.54 Å². The molecule has 1 aromatic carbocycles. The fourth-order valence-corrected chi connectivity index (χ4v) is 2.87. The Morgan fingerprint density at radius 1 is 0.583 bits per heavy atom. The van der Waals surface area contributed by atoms with E-state index < -0.39 is 0 Å². The molecule has 0 aromatic heterocycles. The molecule has 1 aromatic rings. The number of nitrogens with two attached hydrogens (primary N) is 1. The van der Waals surface area contributed by atoms with E-state index in [2.05, 4.69) is 26.0 Å². The average molecular weight is 334 g/mol. The SMILES string of the molecule is CCCCCCCCCCCCCCCCN.Cc1ccccc1. The van der Waals surface area contributed by atoms with Crippen LogP contribution < -0.4 is 5.73 Å². The third-order valence-electron chi connectivity index (χ3n) is 4.50. The van der Waals surface area contributed by atoms with E-state index in [1.807, 2.05) is 18.2 Å². The van der Waals surface area contributed by atoms with Gasteiger partial charge in [-0.2, -0.15) is 0 Å². The van der Waals surface area contributed by atoms with Crippen LogP contribution in [0.5, 0.6) is 0 Å². The standard InChI is InChI=1S/C16H35N.C7H8/c1-2-3-4-5-6-7-8-9-10-11-12-13-14-15-16-17;1-7-5-3-2-4-6-7/h2-17H2,1H3;2-6H,1H3.